The minimum atomic E-state index is -3.80. The van der Waals surface area contributed by atoms with Crippen LogP contribution in [-0.2, 0) is 14.8 Å². The predicted octanol–water partition coefficient (Wildman–Crippen LogP) is 3.10. The summed E-state index contributed by atoms with van der Waals surface area (Å²) in [5, 5.41) is 10.6. The van der Waals surface area contributed by atoms with Crippen LogP contribution in [0.3, 0.4) is 0 Å². The van der Waals surface area contributed by atoms with Gasteiger partial charge in [-0.2, -0.15) is 0 Å². The van der Waals surface area contributed by atoms with E-state index in [1.165, 1.54) is 12.1 Å². The third-order valence-corrected chi connectivity index (χ3v) is 5.96. The van der Waals surface area contributed by atoms with Gasteiger partial charge in [0.15, 0.2) is 0 Å². The van der Waals surface area contributed by atoms with Gasteiger partial charge < -0.3 is 21.1 Å². The summed E-state index contributed by atoms with van der Waals surface area (Å²) in [6.07, 6.45) is -0.0721. The molecule has 34 heavy (non-hydrogen) atoms. The molecule has 0 bridgehead atoms. The number of benzene rings is 3. The van der Waals surface area contributed by atoms with E-state index in [1.54, 1.807) is 43.3 Å². The van der Waals surface area contributed by atoms with E-state index in [9.17, 15) is 18.0 Å². The number of hydrogen-bond acceptors (Lipinski definition) is 5. The average molecular weight is 483 g/mol. The molecular formula is C24H26N4O5S. The SMILES string of the molecule is CC(NC(=O)CC(NC(N)=O)c1cccc(Oc2ccccc2)c1)c1ccc(S(N)(=O)=O)cc1. The summed E-state index contributed by atoms with van der Waals surface area (Å²) in [5.74, 6) is 0.860. The molecule has 0 spiro atoms. The standard InChI is InChI=1S/C24H26N4O5S/c1-16(17-10-12-21(13-11-17)34(26,31)32)27-23(29)15-22(28-24(25)30)18-6-5-9-20(14-18)33-19-7-3-2-4-8-19/h2-14,16,22H,15H2,1H3,(H,27,29)(H3,25,28,30)(H2,26,31,32). The zero-order chi connectivity index (χ0) is 24.7. The fraction of sp³-hybridized carbons (Fsp3) is 0.167. The van der Waals surface area contributed by atoms with Gasteiger partial charge >= 0.3 is 6.03 Å². The van der Waals surface area contributed by atoms with Crippen LogP contribution in [0.15, 0.2) is 83.8 Å². The molecule has 3 rings (SSSR count). The van der Waals surface area contributed by atoms with Gasteiger partial charge in [-0.15, -0.1) is 0 Å². The molecule has 0 saturated heterocycles. The van der Waals surface area contributed by atoms with Gasteiger partial charge in [-0.3, -0.25) is 4.79 Å². The van der Waals surface area contributed by atoms with Crippen molar-refractivity contribution in [2.45, 2.75) is 30.3 Å². The lowest BCUT2D eigenvalue weighted by molar-refractivity contribution is -0.122. The molecule has 2 atom stereocenters. The van der Waals surface area contributed by atoms with Crippen molar-refractivity contribution in [3.05, 3.63) is 90.0 Å². The Morgan fingerprint density at radius 2 is 1.53 bits per heavy atom. The van der Waals surface area contributed by atoms with E-state index in [-0.39, 0.29) is 17.2 Å². The van der Waals surface area contributed by atoms with Gasteiger partial charge in [-0.1, -0.05) is 42.5 Å². The maximum absolute atomic E-state index is 12.7. The van der Waals surface area contributed by atoms with Crippen molar-refractivity contribution in [2.24, 2.45) is 10.9 Å². The maximum Gasteiger partial charge on any atom is 0.312 e. The summed E-state index contributed by atoms with van der Waals surface area (Å²) in [7, 11) is -3.80. The lowest BCUT2D eigenvalue weighted by Gasteiger charge is -2.21. The van der Waals surface area contributed by atoms with Crippen LogP contribution in [0, 0.1) is 0 Å². The number of carbonyl (C=O) groups is 2. The third kappa shape index (κ3) is 7.06. The molecule has 3 aromatic rings. The first-order chi connectivity index (χ1) is 16.1. The highest BCUT2D eigenvalue weighted by Gasteiger charge is 2.20. The molecule has 0 fully saturated rings. The van der Waals surface area contributed by atoms with Crippen molar-refractivity contribution in [2.75, 3.05) is 0 Å². The highest BCUT2D eigenvalue weighted by atomic mass is 32.2. The smallest absolute Gasteiger partial charge is 0.312 e. The van der Waals surface area contributed by atoms with Gasteiger partial charge in [-0.25, -0.2) is 18.4 Å². The van der Waals surface area contributed by atoms with Crippen molar-refractivity contribution in [3.63, 3.8) is 0 Å². The first-order valence-corrected chi connectivity index (χ1v) is 12.0. The number of hydrogen-bond donors (Lipinski definition) is 4. The van der Waals surface area contributed by atoms with Gasteiger partial charge in [0, 0.05) is 0 Å². The van der Waals surface area contributed by atoms with E-state index in [0.717, 1.165) is 0 Å². The Morgan fingerprint density at radius 3 is 2.15 bits per heavy atom. The van der Waals surface area contributed by atoms with Crippen molar-refractivity contribution in [3.8, 4) is 11.5 Å². The van der Waals surface area contributed by atoms with E-state index in [4.69, 9.17) is 15.6 Å². The fourth-order valence-electron chi connectivity index (χ4n) is 3.36. The molecule has 2 unspecified atom stereocenters. The van der Waals surface area contributed by atoms with Crippen molar-refractivity contribution < 1.29 is 22.7 Å². The van der Waals surface area contributed by atoms with Crippen molar-refractivity contribution in [1.82, 2.24) is 10.6 Å². The monoisotopic (exact) mass is 482 g/mol. The average Bonchev–Trinajstić information content (AvgIpc) is 2.78. The second-order valence-corrected chi connectivity index (χ2v) is 9.22. The lowest BCUT2D eigenvalue weighted by Crippen LogP contribution is -2.37. The fourth-order valence-corrected chi connectivity index (χ4v) is 3.87. The predicted molar refractivity (Wildman–Crippen MR) is 127 cm³/mol. The number of para-hydroxylation sites is 1. The van der Waals surface area contributed by atoms with E-state index in [1.807, 2.05) is 30.3 Å². The van der Waals surface area contributed by atoms with Gasteiger partial charge in [0.05, 0.1) is 23.4 Å². The van der Waals surface area contributed by atoms with Crippen LogP contribution < -0.4 is 26.2 Å². The topological polar surface area (TPSA) is 154 Å². The second-order valence-electron chi connectivity index (χ2n) is 7.66. The highest BCUT2D eigenvalue weighted by molar-refractivity contribution is 7.89. The Labute approximate surface area is 198 Å². The number of primary sulfonamides is 1. The summed E-state index contributed by atoms with van der Waals surface area (Å²) >= 11 is 0. The van der Waals surface area contributed by atoms with Crippen LogP contribution in [0.5, 0.6) is 11.5 Å². The number of carbonyl (C=O) groups excluding carboxylic acids is 2. The first kappa shape index (κ1) is 24.7. The van der Waals surface area contributed by atoms with Crippen LogP contribution in [-0.4, -0.2) is 20.4 Å². The molecule has 0 radical (unpaired) electrons. The quantitative estimate of drug-likeness (QED) is 0.369. The molecule has 0 aromatic heterocycles. The number of rotatable bonds is 9. The van der Waals surface area contributed by atoms with E-state index in [2.05, 4.69) is 10.6 Å². The Morgan fingerprint density at radius 1 is 0.882 bits per heavy atom. The summed E-state index contributed by atoms with van der Waals surface area (Å²) in [4.78, 5) is 24.3. The maximum atomic E-state index is 12.7. The molecule has 6 N–H and O–H groups in total. The number of primary amides is 1. The van der Waals surface area contributed by atoms with Crippen LogP contribution in [0.4, 0.5) is 4.79 Å². The third-order valence-electron chi connectivity index (χ3n) is 5.03. The van der Waals surface area contributed by atoms with Crippen LogP contribution in [0.2, 0.25) is 0 Å². The Bertz CT molecular complexity index is 1250. The molecule has 0 aliphatic heterocycles. The van der Waals surface area contributed by atoms with Gasteiger partial charge in [0.1, 0.15) is 11.5 Å². The number of sulfonamides is 1. The minimum absolute atomic E-state index is 0.0156. The lowest BCUT2D eigenvalue weighted by atomic mass is 10.0. The first-order valence-electron chi connectivity index (χ1n) is 10.4. The number of nitrogens with two attached hydrogens (primary N) is 2. The normalized spacial score (nSPS) is 12.9. The molecule has 0 aliphatic rings. The minimum Gasteiger partial charge on any atom is -0.457 e. The van der Waals surface area contributed by atoms with Crippen molar-refractivity contribution >= 4 is 22.0 Å². The molecule has 178 valence electrons. The van der Waals surface area contributed by atoms with Crippen LogP contribution in [0.25, 0.3) is 0 Å². The van der Waals surface area contributed by atoms with Crippen LogP contribution >= 0.6 is 0 Å². The van der Waals surface area contributed by atoms with Gasteiger partial charge in [0.2, 0.25) is 15.9 Å². The summed E-state index contributed by atoms with van der Waals surface area (Å²) in [5.41, 5.74) is 6.68. The Kier molecular flexibility index (Phi) is 7.87. The summed E-state index contributed by atoms with van der Waals surface area (Å²) in [6.45, 7) is 1.76. The summed E-state index contributed by atoms with van der Waals surface area (Å²) < 4.78 is 28.7. The number of amides is 3. The number of urea groups is 1. The molecule has 10 heteroatoms. The zero-order valence-electron chi connectivity index (χ0n) is 18.5. The van der Waals surface area contributed by atoms with E-state index < -0.39 is 28.1 Å². The molecule has 0 saturated carbocycles. The molecule has 9 nitrogen and oxygen atoms in total. The highest BCUT2D eigenvalue weighted by Crippen LogP contribution is 2.26. The molecule has 0 heterocycles. The van der Waals surface area contributed by atoms with E-state index >= 15 is 0 Å². The number of nitrogens with one attached hydrogen (secondary N) is 2. The second kappa shape index (κ2) is 10.8. The number of ether oxygens (including phenoxy) is 1. The molecule has 3 aromatic carbocycles. The zero-order valence-corrected chi connectivity index (χ0v) is 19.3. The molecule has 0 aliphatic carbocycles. The molecular weight excluding hydrogens is 456 g/mol. The van der Waals surface area contributed by atoms with Crippen molar-refractivity contribution in [1.29, 1.82) is 0 Å². The van der Waals surface area contributed by atoms with Crippen LogP contribution in [0.1, 0.15) is 36.6 Å². The van der Waals surface area contributed by atoms with E-state index in [0.29, 0.717) is 22.6 Å². The van der Waals surface area contributed by atoms with Gasteiger partial charge in [0.25, 0.3) is 0 Å². The largest absolute Gasteiger partial charge is 0.457 e. The summed E-state index contributed by atoms with van der Waals surface area (Å²) in [6, 6.07) is 20.3. The van der Waals surface area contributed by atoms with Gasteiger partial charge in [-0.05, 0) is 54.4 Å². The Hall–Kier alpha value is -3.89. The molecule has 3 amide bonds. The Balaban J connectivity index is 1.70.